The van der Waals surface area contributed by atoms with E-state index in [1.807, 2.05) is 7.05 Å². The van der Waals surface area contributed by atoms with Crippen LogP contribution in [0.25, 0.3) is 11.0 Å². The van der Waals surface area contributed by atoms with E-state index in [0.29, 0.717) is 28.8 Å². The molecule has 18 heavy (non-hydrogen) atoms. The van der Waals surface area contributed by atoms with Crippen molar-refractivity contribution < 1.29 is 9.15 Å². The number of benzene rings is 1. The molecule has 1 N–H and O–H groups in total. The fourth-order valence-corrected chi connectivity index (χ4v) is 2.03. The smallest absolute Gasteiger partial charge is 0.195 e. The molecule has 0 bridgehead atoms. The van der Waals surface area contributed by atoms with Crippen molar-refractivity contribution in [1.82, 2.24) is 5.32 Å². The molecule has 2 rings (SSSR count). The van der Waals surface area contributed by atoms with Crippen molar-refractivity contribution in [3.63, 3.8) is 0 Å². The number of nitrogens with one attached hydrogen (secondary N) is 1. The third-order valence-electron chi connectivity index (χ3n) is 3.16. The van der Waals surface area contributed by atoms with E-state index in [9.17, 15) is 4.79 Å². The van der Waals surface area contributed by atoms with Gasteiger partial charge in [-0.2, -0.15) is 0 Å². The van der Waals surface area contributed by atoms with Crippen molar-refractivity contribution in [3.05, 3.63) is 39.2 Å². The van der Waals surface area contributed by atoms with Gasteiger partial charge >= 0.3 is 0 Å². The molecule has 1 heterocycles. The Balaban J connectivity index is 2.88. The molecule has 2 aromatic rings. The van der Waals surface area contributed by atoms with Gasteiger partial charge in [0.25, 0.3) is 0 Å². The summed E-state index contributed by atoms with van der Waals surface area (Å²) in [5.41, 5.74) is 2.16. The predicted molar refractivity (Wildman–Crippen MR) is 71.3 cm³/mol. The summed E-state index contributed by atoms with van der Waals surface area (Å²) >= 11 is 0. The molecular weight excluding hydrogens is 230 g/mol. The van der Waals surface area contributed by atoms with E-state index in [4.69, 9.17) is 9.15 Å². The van der Waals surface area contributed by atoms with Crippen LogP contribution in [0.5, 0.6) is 5.75 Å². The van der Waals surface area contributed by atoms with Gasteiger partial charge in [0.15, 0.2) is 5.43 Å². The minimum Gasteiger partial charge on any atom is -0.496 e. The lowest BCUT2D eigenvalue weighted by Crippen LogP contribution is -2.12. The highest BCUT2D eigenvalue weighted by atomic mass is 16.5. The number of aryl methyl sites for hydroxylation is 1. The number of ether oxygens (including phenoxy) is 1. The Morgan fingerprint density at radius 1 is 1.33 bits per heavy atom. The van der Waals surface area contributed by atoms with Gasteiger partial charge in [0, 0.05) is 12.1 Å². The van der Waals surface area contributed by atoms with Crippen molar-refractivity contribution in [2.45, 2.75) is 20.4 Å². The normalized spacial score (nSPS) is 10.9. The number of fused-ring (bicyclic) bond motifs is 1. The molecule has 0 unspecified atom stereocenters. The Hall–Kier alpha value is -1.81. The van der Waals surface area contributed by atoms with Crippen molar-refractivity contribution >= 4 is 11.0 Å². The third-order valence-corrected chi connectivity index (χ3v) is 3.16. The van der Waals surface area contributed by atoms with E-state index in [1.54, 1.807) is 33.1 Å². The van der Waals surface area contributed by atoms with Crippen LogP contribution in [-0.4, -0.2) is 14.2 Å². The maximum Gasteiger partial charge on any atom is 0.195 e. The zero-order valence-corrected chi connectivity index (χ0v) is 11.1. The first-order valence-corrected chi connectivity index (χ1v) is 5.84. The van der Waals surface area contributed by atoms with Gasteiger partial charge < -0.3 is 14.5 Å². The molecule has 0 amide bonds. The highest BCUT2D eigenvalue weighted by molar-refractivity contribution is 5.82. The Morgan fingerprint density at radius 2 is 2.06 bits per heavy atom. The second-order valence-corrected chi connectivity index (χ2v) is 4.27. The van der Waals surface area contributed by atoms with Gasteiger partial charge in [0.1, 0.15) is 17.1 Å². The second kappa shape index (κ2) is 4.82. The van der Waals surface area contributed by atoms with Crippen LogP contribution in [0, 0.1) is 13.8 Å². The molecule has 0 spiro atoms. The van der Waals surface area contributed by atoms with E-state index in [2.05, 4.69) is 5.32 Å². The lowest BCUT2D eigenvalue weighted by atomic mass is 10.1. The first kappa shape index (κ1) is 12.6. The van der Waals surface area contributed by atoms with E-state index < -0.39 is 0 Å². The van der Waals surface area contributed by atoms with E-state index in [1.165, 1.54) is 0 Å². The van der Waals surface area contributed by atoms with Gasteiger partial charge in [-0.15, -0.1) is 0 Å². The number of rotatable bonds is 3. The molecule has 0 atom stereocenters. The SMILES string of the molecule is CNCc1c(OC)ccc2c(=O)c(C)c(C)oc12. The van der Waals surface area contributed by atoms with Crippen molar-refractivity contribution in [2.75, 3.05) is 14.2 Å². The predicted octanol–water partition coefficient (Wildman–Crippen LogP) is 2.14. The van der Waals surface area contributed by atoms with E-state index >= 15 is 0 Å². The average Bonchev–Trinajstić information content (AvgIpc) is 2.37. The second-order valence-electron chi connectivity index (χ2n) is 4.27. The van der Waals surface area contributed by atoms with E-state index in [-0.39, 0.29) is 5.43 Å². The summed E-state index contributed by atoms with van der Waals surface area (Å²) in [6, 6.07) is 3.56. The molecule has 96 valence electrons. The molecule has 0 saturated heterocycles. The molecule has 1 aromatic carbocycles. The first-order valence-electron chi connectivity index (χ1n) is 5.84. The summed E-state index contributed by atoms with van der Waals surface area (Å²) < 4.78 is 11.1. The standard InChI is InChI=1S/C14H17NO3/c1-8-9(2)18-14-10(13(8)16)5-6-12(17-4)11(14)7-15-3/h5-6,15H,7H2,1-4H3. The van der Waals surface area contributed by atoms with Gasteiger partial charge in [-0.1, -0.05) is 0 Å². The maximum absolute atomic E-state index is 12.2. The minimum absolute atomic E-state index is 0.0220. The molecule has 1 aromatic heterocycles. The lowest BCUT2D eigenvalue weighted by molar-refractivity contribution is 0.407. The highest BCUT2D eigenvalue weighted by Crippen LogP contribution is 2.27. The first-order chi connectivity index (χ1) is 8.60. The van der Waals surface area contributed by atoms with Gasteiger partial charge in [-0.05, 0) is 33.0 Å². The van der Waals surface area contributed by atoms with E-state index in [0.717, 1.165) is 11.3 Å². The minimum atomic E-state index is 0.0220. The van der Waals surface area contributed by atoms with Crippen molar-refractivity contribution in [1.29, 1.82) is 0 Å². The number of hydrogen-bond acceptors (Lipinski definition) is 4. The number of methoxy groups -OCH3 is 1. The van der Waals surface area contributed by atoms with Gasteiger partial charge in [-0.3, -0.25) is 4.79 Å². The molecule has 0 fully saturated rings. The lowest BCUT2D eigenvalue weighted by Gasteiger charge is -2.11. The summed E-state index contributed by atoms with van der Waals surface area (Å²) in [5.74, 6) is 1.38. The van der Waals surface area contributed by atoms with Crippen LogP contribution in [0.15, 0.2) is 21.3 Å². The van der Waals surface area contributed by atoms with Crippen LogP contribution in [0.4, 0.5) is 0 Å². The molecule has 0 aliphatic rings. The van der Waals surface area contributed by atoms with Crippen LogP contribution in [0.1, 0.15) is 16.9 Å². The summed E-state index contributed by atoms with van der Waals surface area (Å²) in [6.45, 7) is 4.17. The fraction of sp³-hybridized carbons (Fsp3) is 0.357. The Morgan fingerprint density at radius 3 is 2.67 bits per heavy atom. The number of hydrogen-bond donors (Lipinski definition) is 1. The molecule has 4 heteroatoms. The quantitative estimate of drug-likeness (QED) is 0.902. The maximum atomic E-state index is 12.2. The summed E-state index contributed by atoms with van der Waals surface area (Å²) in [6.07, 6.45) is 0. The highest BCUT2D eigenvalue weighted by Gasteiger charge is 2.14. The van der Waals surface area contributed by atoms with Crippen LogP contribution >= 0.6 is 0 Å². The molecule has 0 aliphatic heterocycles. The Labute approximate surface area is 106 Å². The van der Waals surface area contributed by atoms with Gasteiger partial charge in [0.05, 0.1) is 18.1 Å². The topological polar surface area (TPSA) is 51.5 Å². The summed E-state index contributed by atoms with van der Waals surface area (Å²) in [7, 11) is 3.46. The third kappa shape index (κ3) is 1.88. The molecule has 0 radical (unpaired) electrons. The molecule has 4 nitrogen and oxygen atoms in total. The van der Waals surface area contributed by atoms with Crippen LogP contribution in [0.2, 0.25) is 0 Å². The van der Waals surface area contributed by atoms with Gasteiger partial charge in [0.2, 0.25) is 0 Å². The van der Waals surface area contributed by atoms with Crippen molar-refractivity contribution in [2.24, 2.45) is 0 Å². The fourth-order valence-electron chi connectivity index (χ4n) is 2.03. The largest absolute Gasteiger partial charge is 0.496 e. The molecule has 0 aliphatic carbocycles. The zero-order valence-electron chi connectivity index (χ0n) is 11.1. The summed E-state index contributed by atoms with van der Waals surface area (Å²) in [4.78, 5) is 12.2. The van der Waals surface area contributed by atoms with Gasteiger partial charge in [-0.25, -0.2) is 0 Å². The monoisotopic (exact) mass is 247 g/mol. The van der Waals surface area contributed by atoms with Crippen LogP contribution < -0.4 is 15.5 Å². The Kier molecular flexibility index (Phi) is 3.39. The molecule has 0 saturated carbocycles. The van der Waals surface area contributed by atoms with Crippen molar-refractivity contribution in [3.8, 4) is 5.75 Å². The van der Waals surface area contributed by atoms with Crippen LogP contribution in [-0.2, 0) is 6.54 Å². The average molecular weight is 247 g/mol. The van der Waals surface area contributed by atoms with Crippen LogP contribution in [0.3, 0.4) is 0 Å². The Bertz CT molecular complexity index is 644. The molecular formula is C14H17NO3. The summed E-state index contributed by atoms with van der Waals surface area (Å²) in [5, 5.41) is 3.66. The zero-order chi connectivity index (χ0) is 13.3.